The van der Waals surface area contributed by atoms with Crippen molar-refractivity contribution in [1.82, 2.24) is 4.57 Å². The third kappa shape index (κ3) is 3.48. The fourth-order valence-electron chi connectivity index (χ4n) is 5.25. The molecule has 7 nitrogen and oxygen atoms in total. The number of nitrogens with one attached hydrogen (secondary N) is 1. The summed E-state index contributed by atoms with van der Waals surface area (Å²) in [5.41, 5.74) is -3.76. The number of ether oxygens (including phenoxy) is 1. The number of rotatable bonds is 4. The zero-order valence-corrected chi connectivity index (χ0v) is 18.8. The van der Waals surface area contributed by atoms with Gasteiger partial charge in [-0.3, -0.25) is 9.36 Å². The number of hydrogen-bond donors (Lipinski definition) is 3. The maximum absolute atomic E-state index is 13.5. The van der Waals surface area contributed by atoms with Gasteiger partial charge in [0.1, 0.15) is 11.4 Å². The van der Waals surface area contributed by atoms with Crippen molar-refractivity contribution in [3.8, 4) is 17.4 Å². The van der Waals surface area contributed by atoms with Crippen molar-refractivity contribution in [3.05, 3.63) is 76.4 Å². The lowest BCUT2D eigenvalue weighted by molar-refractivity contribution is -0.137. The lowest BCUT2D eigenvalue weighted by Crippen LogP contribution is -2.29. The molecule has 2 bridgehead atoms. The molecule has 0 radical (unpaired) electrons. The summed E-state index contributed by atoms with van der Waals surface area (Å²) in [5.74, 6) is -2.02. The highest BCUT2D eigenvalue weighted by atomic mass is 19.4. The van der Waals surface area contributed by atoms with Gasteiger partial charge in [-0.2, -0.15) is 13.2 Å². The number of alkyl halides is 3. The number of fused-ring (bicyclic) bond motifs is 5. The number of carbonyl (C=O) groups is 1. The van der Waals surface area contributed by atoms with Crippen molar-refractivity contribution in [1.29, 1.82) is 0 Å². The van der Waals surface area contributed by atoms with Crippen molar-refractivity contribution >= 4 is 17.3 Å². The Bertz CT molecular complexity index is 1440. The van der Waals surface area contributed by atoms with Crippen LogP contribution in [0, 0.1) is 12.4 Å². The van der Waals surface area contributed by atoms with Crippen LogP contribution in [0.4, 0.5) is 28.9 Å². The average Bonchev–Trinajstić information content (AvgIpc) is 3.38. The van der Waals surface area contributed by atoms with Gasteiger partial charge in [0.05, 0.1) is 41.0 Å². The minimum Gasteiger partial charge on any atom is -0.494 e. The van der Waals surface area contributed by atoms with Crippen LogP contribution >= 0.6 is 0 Å². The fourth-order valence-corrected chi connectivity index (χ4v) is 5.25. The lowest BCUT2D eigenvalue weighted by atomic mass is 9.77. The molecular formula is C25H19F4N3O4. The molecule has 0 spiro atoms. The number of anilines is 1. The number of benzene rings is 2. The molecule has 1 saturated heterocycles. The van der Waals surface area contributed by atoms with Crippen LogP contribution in [0.3, 0.4) is 0 Å². The van der Waals surface area contributed by atoms with Crippen LogP contribution < -0.4 is 5.32 Å². The smallest absolute Gasteiger partial charge is 0.407 e. The number of carbonyl (C=O) groups excluding carboxylic acids is 1. The summed E-state index contributed by atoms with van der Waals surface area (Å²) in [6.45, 7) is 8.69. The second-order valence-corrected chi connectivity index (χ2v) is 9.10. The first-order valence-electron chi connectivity index (χ1n) is 10.9. The normalized spacial score (nSPS) is 22.3. The fraction of sp³-hybridized carbons (Fsp3) is 0.280. The highest BCUT2D eigenvalue weighted by molar-refractivity contribution is 5.92. The number of aromatic nitrogens is 1. The van der Waals surface area contributed by atoms with E-state index in [4.69, 9.17) is 11.3 Å². The van der Waals surface area contributed by atoms with Crippen molar-refractivity contribution in [2.75, 3.05) is 5.32 Å². The van der Waals surface area contributed by atoms with E-state index >= 15 is 0 Å². The van der Waals surface area contributed by atoms with E-state index in [-0.39, 0.29) is 23.2 Å². The zero-order chi connectivity index (χ0) is 26.0. The maximum Gasteiger partial charge on any atom is 0.407 e. The highest BCUT2D eigenvalue weighted by Gasteiger charge is 2.62. The Kier molecular flexibility index (Phi) is 5.09. The second-order valence-electron chi connectivity index (χ2n) is 9.10. The number of hydrogen-bond acceptors (Lipinski definition) is 4. The average molecular weight is 501 g/mol. The topological polar surface area (TPSA) is 88.1 Å². The molecule has 2 aliphatic rings. The summed E-state index contributed by atoms with van der Waals surface area (Å²) in [7, 11) is 0. The molecular weight excluding hydrogens is 482 g/mol. The van der Waals surface area contributed by atoms with Gasteiger partial charge in [0, 0.05) is 5.69 Å². The van der Waals surface area contributed by atoms with Gasteiger partial charge in [-0.25, -0.2) is 9.24 Å². The molecule has 0 aliphatic carbocycles. The third-order valence-corrected chi connectivity index (χ3v) is 6.77. The molecule has 1 amide bonds. The maximum atomic E-state index is 13.5. The molecule has 5 rings (SSSR count). The third-order valence-electron chi connectivity index (χ3n) is 6.77. The van der Waals surface area contributed by atoms with E-state index in [0.717, 1.165) is 10.6 Å². The van der Waals surface area contributed by atoms with E-state index in [1.807, 2.05) is 0 Å². The van der Waals surface area contributed by atoms with Crippen LogP contribution in [0.5, 0.6) is 11.8 Å². The molecule has 11 heteroatoms. The van der Waals surface area contributed by atoms with E-state index in [2.05, 4.69) is 10.2 Å². The largest absolute Gasteiger partial charge is 0.494 e. The number of nitrogens with zero attached hydrogens (tertiary/aromatic N) is 2. The second kappa shape index (κ2) is 7.73. The van der Waals surface area contributed by atoms with Gasteiger partial charge in [-0.15, -0.1) is 0 Å². The molecule has 3 heterocycles. The summed E-state index contributed by atoms with van der Waals surface area (Å²) in [5, 5.41) is 24.8. The highest BCUT2D eigenvalue weighted by Crippen LogP contribution is 2.65. The van der Waals surface area contributed by atoms with E-state index < -0.39 is 52.1 Å². The molecule has 2 aliphatic heterocycles. The van der Waals surface area contributed by atoms with Crippen molar-refractivity contribution in [2.24, 2.45) is 0 Å². The van der Waals surface area contributed by atoms with Gasteiger partial charge < -0.3 is 20.3 Å². The van der Waals surface area contributed by atoms with Gasteiger partial charge in [0.25, 0.3) is 0 Å². The van der Waals surface area contributed by atoms with Crippen LogP contribution in [-0.4, -0.2) is 20.7 Å². The predicted octanol–water partition coefficient (Wildman–Crippen LogP) is 5.86. The lowest BCUT2D eigenvalue weighted by Gasteiger charge is -2.25. The Labute approximate surface area is 202 Å². The summed E-state index contributed by atoms with van der Waals surface area (Å²) in [6.07, 6.45) is -4.38. The van der Waals surface area contributed by atoms with Gasteiger partial charge >= 0.3 is 6.18 Å². The Morgan fingerprint density at radius 1 is 1.14 bits per heavy atom. The van der Waals surface area contributed by atoms with Crippen LogP contribution in [0.25, 0.3) is 10.5 Å². The Morgan fingerprint density at radius 2 is 1.81 bits per heavy atom. The first-order valence-corrected chi connectivity index (χ1v) is 10.9. The van der Waals surface area contributed by atoms with E-state index in [9.17, 15) is 32.6 Å². The summed E-state index contributed by atoms with van der Waals surface area (Å²) in [6, 6.07) is 7.97. The first kappa shape index (κ1) is 23.7. The zero-order valence-electron chi connectivity index (χ0n) is 18.8. The predicted molar refractivity (Wildman–Crippen MR) is 119 cm³/mol. The quantitative estimate of drug-likeness (QED) is 0.309. The van der Waals surface area contributed by atoms with E-state index in [0.29, 0.717) is 24.6 Å². The molecule has 3 aromatic rings. The van der Waals surface area contributed by atoms with Crippen LogP contribution in [-0.2, 0) is 26.9 Å². The molecule has 3 N–H and O–H groups in total. The first-order chi connectivity index (χ1) is 16.9. The van der Waals surface area contributed by atoms with Gasteiger partial charge in [0.2, 0.25) is 17.7 Å². The summed E-state index contributed by atoms with van der Waals surface area (Å²) < 4.78 is 60.8. The molecule has 36 heavy (non-hydrogen) atoms. The Morgan fingerprint density at radius 3 is 2.44 bits per heavy atom. The number of aromatic hydroxyl groups is 2. The summed E-state index contributed by atoms with van der Waals surface area (Å²) >= 11 is 0. The molecule has 2 atom stereocenters. The minimum absolute atomic E-state index is 0.130. The molecule has 2 unspecified atom stereocenters. The SMILES string of the molecule is [C-]#[N+]c1ccc(-n2c(O)c3c(c2O)C2(CC(=O)Nc4ccc(F)cc4)CCC3(C)O2)cc1C(F)(F)F. The van der Waals surface area contributed by atoms with E-state index in [1.54, 1.807) is 6.92 Å². The molecule has 186 valence electrons. The van der Waals surface area contributed by atoms with Crippen molar-refractivity contribution in [3.63, 3.8) is 0 Å². The Hall–Kier alpha value is -4.04. The number of halogens is 4. The van der Waals surface area contributed by atoms with Gasteiger partial charge in [-0.05, 0) is 56.2 Å². The van der Waals surface area contributed by atoms with Crippen molar-refractivity contribution in [2.45, 2.75) is 43.6 Å². The van der Waals surface area contributed by atoms with Gasteiger partial charge in [-0.1, -0.05) is 6.07 Å². The van der Waals surface area contributed by atoms with E-state index in [1.165, 1.54) is 30.3 Å². The molecule has 0 saturated carbocycles. The molecule has 2 aromatic carbocycles. The minimum atomic E-state index is -4.83. The molecule has 1 aromatic heterocycles. The standard InChI is InChI=1S/C25H19F4N3O4/c1-23-9-10-24(36-23,12-18(33)31-14-5-3-13(26)4-6-14)20-19(23)21(34)32(22(20)35)15-7-8-17(30-2)16(11-15)25(27,28)29/h3-8,11,34-35H,9-10,12H2,1H3,(H,31,33). The monoisotopic (exact) mass is 501 g/mol. The Balaban J connectivity index is 1.57. The number of amides is 1. The van der Waals surface area contributed by atoms with Crippen molar-refractivity contribution < 1.29 is 37.3 Å². The van der Waals surface area contributed by atoms with Crippen LogP contribution in [0.1, 0.15) is 42.9 Å². The van der Waals surface area contributed by atoms with Gasteiger partial charge in [0.15, 0.2) is 5.69 Å². The summed E-state index contributed by atoms with van der Waals surface area (Å²) in [4.78, 5) is 15.8. The van der Waals surface area contributed by atoms with Crippen LogP contribution in [0.15, 0.2) is 42.5 Å². The van der Waals surface area contributed by atoms with Crippen LogP contribution in [0.2, 0.25) is 0 Å². The molecule has 1 fully saturated rings.